The van der Waals surface area contributed by atoms with Gasteiger partial charge in [-0.1, -0.05) is 35.9 Å². The predicted molar refractivity (Wildman–Crippen MR) is 109 cm³/mol. The Hall–Kier alpha value is -3.34. The third kappa shape index (κ3) is 3.24. The normalized spacial score (nSPS) is 11.0. The summed E-state index contributed by atoms with van der Waals surface area (Å²) in [7, 11) is 1.67. The van der Waals surface area contributed by atoms with Crippen molar-refractivity contribution in [2.45, 2.75) is 20.8 Å². The van der Waals surface area contributed by atoms with Gasteiger partial charge in [-0.25, -0.2) is 4.98 Å². The van der Waals surface area contributed by atoms with Gasteiger partial charge in [0.2, 0.25) is 0 Å². The second-order valence-electron chi connectivity index (χ2n) is 6.70. The number of rotatable bonds is 4. The number of anilines is 2. The Kier molecular flexibility index (Phi) is 4.28. The van der Waals surface area contributed by atoms with E-state index in [0.29, 0.717) is 0 Å². The Morgan fingerprint density at radius 1 is 0.963 bits per heavy atom. The highest BCUT2D eigenvalue weighted by molar-refractivity contribution is 5.81. The monoisotopic (exact) mass is 358 g/mol. The van der Waals surface area contributed by atoms with Gasteiger partial charge in [0, 0.05) is 29.1 Å². The van der Waals surface area contributed by atoms with E-state index in [1.165, 1.54) is 5.56 Å². The van der Waals surface area contributed by atoms with Crippen LogP contribution < -0.4 is 10.1 Å². The first-order chi connectivity index (χ1) is 13.0. The predicted octanol–water partition coefficient (Wildman–Crippen LogP) is 5.07. The molecule has 5 nitrogen and oxygen atoms in total. The molecule has 2 aromatic heterocycles. The van der Waals surface area contributed by atoms with Crippen molar-refractivity contribution in [3.63, 3.8) is 0 Å². The van der Waals surface area contributed by atoms with E-state index in [9.17, 15) is 0 Å². The number of aryl methyl sites for hydroxylation is 3. The number of nitrogens with zero attached hydrogens (tertiary/aromatic N) is 3. The van der Waals surface area contributed by atoms with Crippen LogP contribution in [0.5, 0.6) is 5.75 Å². The summed E-state index contributed by atoms with van der Waals surface area (Å²) in [6.45, 7) is 6.11. The maximum absolute atomic E-state index is 5.32. The van der Waals surface area contributed by atoms with Crippen LogP contribution in [-0.2, 0) is 0 Å². The van der Waals surface area contributed by atoms with Crippen LogP contribution in [0.25, 0.3) is 16.8 Å². The average Bonchev–Trinajstić information content (AvgIpc) is 2.99. The second-order valence-corrected chi connectivity index (χ2v) is 6.70. The van der Waals surface area contributed by atoms with Crippen LogP contribution in [0.3, 0.4) is 0 Å². The quantitative estimate of drug-likeness (QED) is 0.553. The smallest absolute Gasteiger partial charge is 0.165 e. The fourth-order valence-electron chi connectivity index (χ4n) is 3.24. The zero-order valence-corrected chi connectivity index (χ0v) is 15.9. The molecule has 0 saturated carbocycles. The van der Waals surface area contributed by atoms with E-state index < -0.39 is 0 Å². The van der Waals surface area contributed by atoms with Crippen molar-refractivity contribution >= 4 is 17.2 Å². The molecular weight excluding hydrogens is 336 g/mol. The van der Waals surface area contributed by atoms with Crippen molar-refractivity contribution in [2.24, 2.45) is 0 Å². The van der Waals surface area contributed by atoms with E-state index >= 15 is 0 Å². The number of methoxy groups -OCH3 is 1. The van der Waals surface area contributed by atoms with E-state index in [2.05, 4.69) is 36.5 Å². The number of ether oxygens (including phenoxy) is 1. The summed E-state index contributed by atoms with van der Waals surface area (Å²) in [5, 5.41) is 8.20. The molecule has 0 atom stereocenters. The molecular formula is C22H22N4O. The molecule has 1 N–H and O–H groups in total. The van der Waals surface area contributed by atoms with E-state index in [4.69, 9.17) is 14.8 Å². The Labute approximate surface area is 158 Å². The molecule has 0 saturated heterocycles. The van der Waals surface area contributed by atoms with Crippen LogP contribution in [0.15, 0.2) is 54.6 Å². The number of hydrogen-bond acceptors (Lipinski definition) is 4. The summed E-state index contributed by atoms with van der Waals surface area (Å²) >= 11 is 0. The Balaban J connectivity index is 1.85. The maximum atomic E-state index is 5.32. The van der Waals surface area contributed by atoms with Gasteiger partial charge in [0.1, 0.15) is 11.6 Å². The molecule has 0 bridgehead atoms. The van der Waals surface area contributed by atoms with E-state index in [1.54, 1.807) is 7.11 Å². The fourth-order valence-corrected chi connectivity index (χ4v) is 3.24. The first-order valence-electron chi connectivity index (χ1n) is 8.90. The highest BCUT2D eigenvalue weighted by Crippen LogP contribution is 2.30. The molecule has 0 aliphatic heterocycles. The first-order valence-corrected chi connectivity index (χ1v) is 8.90. The van der Waals surface area contributed by atoms with Crippen molar-refractivity contribution in [3.8, 4) is 16.9 Å². The van der Waals surface area contributed by atoms with Crippen molar-refractivity contribution in [1.29, 1.82) is 0 Å². The topological polar surface area (TPSA) is 51.5 Å². The van der Waals surface area contributed by atoms with Crippen LogP contribution in [0.4, 0.5) is 11.5 Å². The maximum Gasteiger partial charge on any atom is 0.165 e. The minimum atomic E-state index is 0.805. The van der Waals surface area contributed by atoms with Gasteiger partial charge in [-0.05, 0) is 38.5 Å². The summed E-state index contributed by atoms with van der Waals surface area (Å²) < 4.78 is 7.19. The van der Waals surface area contributed by atoms with Crippen molar-refractivity contribution in [3.05, 3.63) is 71.5 Å². The lowest BCUT2D eigenvalue weighted by Gasteiger charge is -2.11. The van der Waals surface area contributed by atoms with Crippen LogP contribution in [0, 0.1) is 20.8 Å². The number of hydrogen-bond donors (Lipinski definition) is 1. The largest absolute Gasteiger partial charge is 0.497 e. The van der Waals surface area contributed by atoms with Gasteiger partial charge in [-0.15, -0.1) is 0 Å². The molecule has 4 rings (SSSR count). The minimum Gasteiger partial charge on any atom is -0.497 e. The highest BCUT2D eigenvalue weighted by atomic mass is 16.5. The number of fused-ring (bicyclic) bond motifs is 1. The molecule has 0 spiro atoms. The number of aromatic nitrogens is 3. The zero-order valence-electron chi connectivity index (χ0n) is 15.9. The van der Waals surface area contributed by atoms with E-state index in [0.717, 1.165) is 45.4 Å². The molecule has 2 aromatic carbocycles. The summed E-state index contributed by atoms with van der Waals surface area (Å²) in [4.78, 5) is 4.77. The van der Waals surface area contributed by atoms with Gasteiger partial charge < -0.3 is 10.1 Å². The molecule has 136 valence electrons. The second kappa shape index (κ2) is 6.76. The molecule has 0 unspecified atom stereocenters. The van der Waals surface area contributed by atoms with Gasteiger partial charge in [0.15, 0.2) is 5.65 Å². The molecule has 27 heavy (non-hydrogen) atoms. The summed E-state index contributed by atoms with van der Waals surface area (Å²) in [5.41, 5.74) is 7.09. The minimum absolute atomic E-state index is 0.805. The molecule has 0 amide bonds. The Bertz CT molecular complexity index is 1110. The van der Waals surface area contributed by atoms with Crippen LogP contribution >= 0.6 is 0 Å². The van der Waals surface area contributed by atoms with Crippen molar-refractivity contribution in [1.82, 2.24) is 14.6 Å². The number of benzene rings is 2. The number of nitrogens with one attached hydrogen (secondary N) is 1. The molecule has 5 heteroatoms. The molecule has 0 radical (unpaired) electrons. The highest BCUT2D eigenvalue weighted by Gasteiger charge is 2.16. The SMILES string of the molecule is COc1cccc(Nc2cc(C)nc3c(-c4ccc(C)cc4)c(C)nn23)c1. The first kappa shape index (κ1) is 17.1. The van der Waals surface area contributed by atoms with Gasteiger partial charge in [-0.3, -0.25) is 0 Å². The zero-order chi connectivity index (χ0) is 19.0. The average molecular weight is 358 g/mol. The van der Waals surface area contributed by atoms with E-state index in [1.807, 2.05) is 48.7 Å². The van der Waals surface area contributed by atoms with Gasteiger partial charge in [-0.2, -0.15) is 9.61 Å². The lowest BCUT2D eigenvalue weighted by Crippen LogP contribution is -2.02. The van der Waals surface area contributed by atoms with Crippen molar-refractivity contribution in [2.75, 3.05) is 12.4 Å². The Morgan fingerprint density at radius 2 is 1.74 bits per heavy atom. The van der Waals surface area contributed by atoms with Crippen LogP contribution in [-0.4, -0.2) is 21.7 Å². The standard InChI is InChI=1S/C22H22N4O/c1-14-8-10-17(11-9-14)21-16(3)25-26-20(12-15(2)23-22(21)26)24-18-6-5-7-19(13-18)27-4/h5-13,24H,1-4H3. The van der Waals surface area contributed by atoms with Gasteiger partial charge in [0.25, 0.3) is 0 Å². The molecule has 0 fully saturated rings. The lowest BCUT2D eigenvalue weighted by atomic mass is 10.0. The van der Waals surface area contributed by atoms with Gasteiger partial charge in [0.05, 0.1) is 12.8 Å². The summed E-state index contributed by atoms with van der Waals surface area (Å²) in [5.74, 6) is 1.67. The van der Waals surface area contributed by atoms with Crippen LogP contribution in [0.1, 0.15) is 17.0 Å². The van der Waals surface area contributed by atoms with Crippen LogP contribution in [0.2, 0.25) is 0 Å². The van der Waals surface area contributed by atoms with Gasteiger partial charge >= 0.3 is 0 Å². The Morgan fingerprint density at radius 3 is 2.48 bits per heavy atom. The molecule has 2 heterocycles. The third-order valence-electron chi connectivity index (χ3n) is 4.57. The molecule has 0 aliphatic carbocycles. The lowest BCUT2D eigenvalue weighted by molar-refractivity contribution is 0.415. The fraction of sp³-hybridized carbons (Fsp3) is 0.182. The summed E-state index contributed by atoms with van der Waals surface area (Å²) in [6.07, 6.45) is 0. The molecule has 4 aromatic rings. The van der Waals surface area contributed by atoms with E-state index in [-0.39, 0.29) is 0 Å². The van der Waals surface area contributed by atoms with Crippen molar-refractivity contribution < 1.29 is 4.74 Å². The molecule has 0 aliphatic rings. The third-order valence-corrected chi connectivity index (χ3v) is 4.57. The summed E-state index contributed by atoms with van der Waals surface area (Å²) in [6, 6.07) is 18.3.